The molecule has 0 aromatic carbocycles. The van der Waals surface area contributed by atoms with E-state index in [2.05, 4.69) is 10.2 Å². The van der Waals surface area contributed by atoms with Gasteiger partial charge in [0.25, 0.3) is 0 Å². The zero-order valence-corrected chi connectivity index (χ0v) is 21.2. The van der Waals surface area contributed by atoms with Crippen molar-refractivity contribution < 1.29 is 22.9 Å². The maximum Gasteiger partial charge on any atom is 0.475 e. The number of nitrogens with one attached hydrogen (secondary N) is 1. The summed E-state index contributed by atoms with van der Waals surface area (Å²) in [6, 6.07) is 0. The Morgan fingerprint density at radius 1 is 0.727 bits per heavy atom. The molecule has 5 rings (SSSR count). The van der Waals surface area contributed by atoms with Crippen molar-refractivity contribution in [1.82, 2.24) is 10.2 Å². The van der Waals surface area contributed by atoms with Gasteiger partial charge in [-0.15, -0.1) is 0 Å². The van der Waals surface area contributed by atoms with Gasteiger partial charge in [0, 0.05) is 12.5 Å². The van der Waals surface area contributed by atoms with Crippen LogP contribution in [0, 0.1) is 5.92 Å². The van der Waals surface area contributed by atoms with Crippen molar-refractivity contribution in [2.24, 2.45) is 5.92 Å². The van der Waals surface area contributed by atoms with Crippen LogP contribution in [0.1, 0.15) is 103 Å². The lowest BCUT2D eigenvalue weighted by Gasteiger charge is -2.46. The number of piperidine rings is 1. The molecule has 2 heterocycles. The molecule has 0 amide bonds. The number of hydrogen-bond acceptors (Lipinski definition) is 7. The van der Waals surface area contributed by atoms with Gasteiger partial charge in [0.05, 0.1) is 30.6 Å². The molecule has 1 N–H and O–H groups in total. The summed E-state index contributed by atoms with van der Waals surface area (Å²) >= 11 is 0. The Morgan fingerprint density at radius 2 is 1.36 bits per heavy atom. The Labute approximate surface area is 200 Å². The molecule has 2 aliphatic heterocycles. The van der Waals surface area contributed by atoms with Crippen molar-refractivity contribution in [2.75, 3.05) is 19.8 Å². The van der Waals surface area contributed by atoms with Gasteiger partial charge in [-0.25, -0.2) is 4.57 Å². The van der Waals surface area contributed by atoms with Gasteiger partial charge in [0.1, 0.15) is 6.73 Å². The van der Waals surface area contributed by atoms with Gasteiger partial charge in [0.15, 0.2) is 0 Å². The molecule has 0 spiro atoms. The van der Waals surface area contributed by atoms with Gasteiger partial charge in [-0.3, -0.25) is 18.5 Å². The van der Waals surface area contributed by atoms with Crippen LogP contribution in [-0.2, 0) is 22.9 Å². The highest BCUT2D eigenvalue weighted by molar-refractivity contribution is 7.48. The average molecular weight is 485 g/mol. The first kappa shape index (κ1) is 24.7. The molecule has 5 aliphatic rings. The van der Waals surface area contributed by atoms with Crippen LogP contribution in [0.5, 0.6) is 0 Å². The van der Waals surface area contributed by atoms with Crippen molar-refractivity contribution in [1.29, 1.82) is 0 Å². The summed E-state index contributed by atoms with van der Waals surface area (Å²) in [5.41, 5.74) is 0. The molecule has 33 heavy (non-hydrogen) atoms. The van der Waals surface area contributed by atoms with E-state index in [0.717, 1.165) is 90.4 Å². The first-order valence-electron chi connectivity index (χ1n) is 13.9. The summed E-state index contributed by atoms with van der Waals surface area (Å²) in [5.74, 6) is 0.416. The molecule has 3 aliphatic carbocycles. The molecule has 0 aromatic rings. The Bertz CT molecular complexity index is 625. The van der Waals surface area contributed by atoms with Crippen LogP contribution in [0.25, 0.3) is 0 Å². The smallest absolute Gasteiger partial charge is 0.362 e. The maximum absolute atomic E-state index is 14.0. The summed E-state index contributed by atoms with van der Waals surface area (Å²) < 4.78 is 39.0. The first-order valence-corrected chi connectivity index (χ1v) is 15.4. The predicted molar refractivity (Wildman–Crippen MR) is 128 cm³/mol. The molecule has 2 saturated heterocycles. The van der Waals surface area contributed by atoms with E-state index in [-0.39, 0.29) is 18.3 Å². The monoisotopic (exact) mass is 484 g/mol. The van der Waals surface area contributed by atoms with E-state index in [1.165, 1.54) is 32.1 Å². The lowest BCUT2D eigenvalue weighted by Crippen LogP contribution is -2.56. The standard InChI is InChI=1S/C25H45N2O5P/c28-33(30-21-9-3-1-4-10-21,31-22-11-5-2-6-12-22)32-23-14-15-24-20(17-23)18-27(19-29-24)25-13-7-8-16-26-25/h20-26H,1-19H2. The summed E-state index contributed by atoms with van der Waals surface area (Å²) in [4.78, 5) is 2.46. The number of phosphoric ester groups is 1. The number of hydrogen-bond donors (Lipinski definition) is 1. The molecular weight excluding hydrogens is 439 g/mol. The van der Waals surface area contributed by atoms with Crippen LogP contribution >= 0.6 is 7.82 Å². The highest BCUT2D eigenvalue weighted by atomic mass is 31.2. The van der Waals surface area contributed by atoms with Gasteiger partial charge >= 0.3 is 7.82 Å². The Kier molecular flexibility index (Phi) is 8.84. The zero-order chi connectivity index (χ0) is 22.5. The Morgan fingerprint density at radius 3 is 2.00 bits per heavy atom. The Balaban J connectivity index is 1.20. The minimum atomic E-state index is -3.58. The van der Waals surface area contributed by atoms with Crippen LogP contribution in [0.3, 0.4) is 0 Å². The maximum atomic E-state index is 14.0. The topological polar surface area (TPSA) is 69.3 Å². The lowest BCUT2D eigenvalue weighted by molar-refractivity contribution is -0.148. The van der Waals surface area contributed by atoms with Crippen LogP contribution in [0.2, 0.25) is 0 Å². The summed E-state index contributed by atoms with van der Waals surface area (Å²) in [6.07, 6.45) is 18.0. The predicted octanol–water partition coefficient (Wildman–Crippen LogP) is 5.74. The van der Waals surface area contributed by atoms with Crippen molar-refractivity contribution in [3.63, 3.8) is 0 Å². The zero-order valence-electron chi connectivity index (χ0n) is 20.3. The number of nitrogens with zero attached hydrogens (tertiary/aromatic N) is 1. The van der Waals surface area contributed by atoms with Crippen LogP contribution < -0.4 is 5.32 Å². The summed E-state index contributed by atoms with van der Waals surface area (Å²) in [5, 5.41) is 3.65. The quantitative estimate of drug-likeness (QED) is 0.462. The minimum Gasteiger partial charge on any atom is -0.362 e. The molecule has 3 saturated carbocycles. The summed E-state index contributed by atoms with van der Waals surface area (Å²) in [6.45, 7) is 2.85. The molecule has 5 fully saturated rings. The Hall–Kier alpha value is -0.0100. The number of rotatable bonds is 7. The largest absolute Gasteiger partial charge is 0.475 e. The summed E-state index contributed by atoms with van der Waals surface area (Å²) in [7, 11) is -3.58. The second-order valence-electron chi connectivity index (χ2n) is 11.0. The van der Waals surface area contributed by atoms with Crippen LogP contribution in [-0.4, -0.2) is 55.3 Å². The first-order chi connectivity index (χ1) is 16.2. The molecule has 8 heteroatoms. The van der Waals surface area contributed by atoms with E-state index in [1.54, 1.807) is 0 Å². The second kappa shape index (κ2) is 11.8. The van der Waals surface area contributed by atoms with Gasteiger partial charge in [-0.05, 0) is 70.8 Å². The third-order valence-corrected chi connectivity index (χ3v) is 10.1. The molecule has 0 aromatic heterocycles. The fourth-order valence-electron chi connectivity index (χ4n) is 6.57. The molecule has 0 radical (unpaired) electrons. The molecule has 190 valence electrons. The van der Waals surface area contributed by atoms with Crippen molar-refractivity contribution in [2.45, 2.75) is 133 Å². The van der Waals surface area contributed by atoms with E-state index < -0.39 is 7.82 Å². The third-order valence-electron chi connectivity index (χ3n) is 8.45. The third kappa shape index (κ3) is 6.81. The van der Waals surface area contributed by atoms with E-state index in [4.69, 9.17) is 18.3 Å². The highest BCUT2D eigenvalue weighted by Crippen LogP contribution is 2.56. The molecule has 4 atom stereocenters. The average Bonchev–Trinajstić information content (AvgIpc) is 2.85. The molecule has 0 bridgehead atoms. The lowest BCUT2D eigenvalue weighted by atomic mass is 9.83. The van der Waals surface area contributed by atoms with E-state index in [0.29, 0.717) is 18.2 Å². The molecule has 7 nitrogen and oxygen atoms in total. The van der Waals surface area contributed by atoms with E-state index in [1.807, 2.05) is 0 Å². The normalized spacial score (nSPS) is 35.9. The number of phosphoric acid groups is 1. The van der Waals surface area contributed by atoms with Crippen LogP contribution in [0.4, 0.5) is 0 Å². The van der Waals surface area contributed by atoms with E-state index in [9.17, 15) is 4.57 Å². The number of ether oxygens (including phenoxy) is 1. The van der Waals surface area contributed by atoms with E-state index >= 15 is 0 Å². The second-order valence-corrected chi connectivity index (χ2v) is 12.6. The van der Waals surface area contributed by atoms with Gasteiger partial charge < -0.3 is 10.1 Å². The van der Waals surface area contributed by atoms with Crippen molar-refractivity contribution in [3.8, 4) is 0 Å². The van der Waals surface area contributed by atoms with Crippen molar-refractivity contribution in [3.05, 3.63) is 0 Å². The fraction of sp³-hybridized carbons (Fsp3) is 1.00. The molecular formula is C25H45N2O5P. The van der Waals surface area contributed by atoms with Gasteiger partial charge in [-0.1, -0.05) is 38.5 Å². The highest BCUT2D eigenvalue weighted by Gasteiger charge is 2.43. The number of fused-ring (bicyclic) bond motifs is 1. The van der Waals surface area contributed by atoms with Gasteiger partial charge in [0.2, 0.25) is 0 Å². The van der Waals surface area contributed by atoms with Gasteiger partial charge in [-0.2, -0.15) is 0 Å². The fourth-order valence-corrected chi connectivity index (χ4v) is 8.43. The minimum absolute atomic E-state index is 0.00962. The molecule has 4 unspecified atom stereocenters. The SMILES string of the molecule is O=P(OC1CCCCC1)(OC1CCCCC1)OC1CCC2OCN(C3CCCCN3)CC2C1. The van der Waals surface area contributed by atoms with Crippen LogP contribution in [0.15, 0.2) is 0 Å². The van der Waals surface area contributed by atoms with Crippen molar-refractivity contribution >= 4 is 7.82 Å².